The lowest BCUT2D eigenvalue weighted by atomic mass is 9.98. The Morgan fingerprint density at radius 3 is 2.58 bits per heavy atom. The normalized spacial score (nSPS) is 21.5. The van der Waals surface area contributed by atoms with E-state index in [1.165, 1.54) is 32.1 Å². The van der Waals surface area contributed by atoms with E-state index in [0.29, 0.717) is 6.04 Å². The summed E-state index contributed by atoms with van der Waals surface area (Å²) < 4.78 is 0. The van der Waals surface area contributed by atoms with Crippen LogP contribution in [0, 0.1) is 5.92 Å². The van der Waals surface area contributed by atoms with Gasteiger partial charge in [0.25, 0.3) is 0 Å². The summed E-state index contributed by atoms with van der Waals surface area (Å²) in [6.07, 6.45) is 6.81. The maximum atomic E-state index is 5.73. The van der Waals surface area contributed by atoms with Crippen LogP contribution in [0.4, 0.5) is 0 Å². The Balaban J connectivity index is 2.22. The molecule has 1 aliphatic rings. The first-order chi connectivity index (χ1) is 5.88. The van der Waals surface area contributed by atoms with Crippen molar-refractivity contribution in [3.8, 4) is 0 Å². The summed E-state index contributed by atoms with van der Waals surface area (Å²) in [6, 6.07) is 0.590. The van der Waals surface area contributed by atoms with Crippen molar-refractivity contribution in [3.63, 3.8) is 0 Å². The molecule has 0 radical (unpaired) electrons. The third-order valence-corrected chi connectivity index (χ3v) is 2.88. The van der Waals surface area contributed by atoms with Crippen molar-refractivity contribution in [2.75, 3.05) is 13.1 Å². The number of nitrogens with two attached hydrogens (primary N) is 1. The van der Waals surface area contributed by atoms with Gasteiger partial charge in [0.2, 0.25) is 0 Å². The van der Waals surface area contributed by atoms with Gasteiger partial charge in [-0.3, -0.25) is 0 Å². The second kappa shape index (κ2) is 5.55. The van der Waals surface area contributed by atoms with Crippen molar-refractivity contribution >= 4 is 0 Å². The Kier molecular flexibility index (Phi) is 4.62. The van der Waals surface area contributed by atoms with Crippen LogP contribution >= 0.6 is 0 Å². The first-order valence-electron chi connectivity index (χ1n) is 5.32. The van der Waals surface area contributed by atoms with Gasteiger partial charge < -0.3 is 11.1 Å². The molecule has 0 saturated heterocycles. The van der Waals surface area contributed by atoms with Gasteiger partial charge in [0, 0.05) is 12.6 Å². The Bertz CT molecular complexity index is 108. The Morgan fingerprint density at radius 1 is 1.42 bits per heavy atom. The molecule has 72 valence electrons. The molecule has 0 aromatic heterocycles. The average molecular weight is 170 g/mol. The zero-order valence-corrected chi connectivity index (χ0v) is 8.18. The van der Waals surface area contributed by atoms with Gasteiger partial charge in [-0.15, -0.1) is 0 Å². The predicted molar refractivity (Wildman–Crippen MR) is 53.1 cm³/mol. The molecule has 1 atom stereocenters. The van der Waals surface area contributed by atoms with E-state index in [1.807, 2.05) is 0 Å². The van der Waals surface area contributed by atoms with Crippen LogP contribution in [0.3, 0.4) is 0 Å². The standard InChI is InChI=1S/C10H22N2/c1-2-7-12-10(8-11)9-5-3-4-6-9/h9-10,12H,2-8,11H2,1H3. The van der Waals surface area contributed by atoms with E-state index >= 15 is 0 Å². The van der Waals surface area contributed by atoms with Crippen molar-refractivity contribution in [1.82, 2.24) is 5.32 Å². The molecule has 1 rings (SSSR count). The molecule has 0 aromatic carbocycles. The average Bonchev–Trinajstić information content (AvgIpc) is 2.59. The monoisotopic (exact) mass is 170 g/mol. The van der Waals surface area contributed by atoms with Crippen LogP contribution in [0.25, 0.3) is 0 Å². The highest BCUT2D eigenvalue weighted by molar-refractivity contribution is 4.80. The minimum atomic E-state index is 0.590. The predicted octanol–water partition coefficient (Wildman–Crippen LogP) is 1.50. The summed E-state index contributed by atoms with van der Waals surface area (Å²) in [7, 11) is 0. The van der Waals surface area contributed by atoms with E-state index in [1.54, 1.807) is 0 Å². The second-order valence-electron chi connectivity index (χ2n) is 3.84. The lowest BCUT2D eigenvalue weighted by Gasteiger charge is -2.22. The fraction of sp³-hybridized carbons (Fsp3) is 1.00. The van der Waals surface area contributed by atoms with E-state index in [-0.39, 0.29) is 0 Å². The first kappa shape index (κ1) is 10.0. The lowest BCUT2D eigenvalue weighted by molar-refractivity contribution is 0.365. The molecule has 1 aliphatic carbocycles. The lowest BCUT2D eigenvalue weighted by Crippen LogP contribution is -2.41. The Morgan fingerprint density at radius 2 is 2.08 bits per heavy atom. The molecule has 0 aromatic rings. The minimum absolute atomic E-state index is 0.590. The fourth-order valence-corrected chi connectivity index (χ4v) is 2.13. The Hall–Kier alpha value is -0.0800. The minimum Gasteiger partial charge on any atom is -0.329 e. The summed E-state index contributed by atoms with van der Waals surface area (Å²) in [5, 5.41) is 3.54. The van der Waals surface area contributed by atoms with Crippen LogP contribution in [-0.4, -0.2) is 19.1 Å². The van der Waals surface area contributed by atoms with Gasteiger partial charge in [-0.25, -0.2) is 0 Å². The molecule has 1 unspecified atom stereocenters. The van der Waals surface area contributed by atoms with Crippen molar-refractivity contribution in [2.45, 2.75) is 45.1 Å². The van der Waals surface area contributed by atoms with E-state index in [2.05, 4.69) is 12.2 Å². The summed E-state index contributed by atoms with van der Waals surface area (Å²) in [5.74, 6) is 0.863. The smallest absolute Gasteiger partial charge is 0.0218 e. The molecule has 0 aliphatic heterocycles. The zero-order chi connectivity index (χ0) is 8.81. The van der Waals surface area contributed by atoms with Gasteiger partial charge in [0.15, 0.2) is 0 Å². The molecule has 2 nitrogen and oxygen atoms in total. The van der Waals surface area contributed by atoms with Gasteiger partial charge in [-0.2, -0.15) is 0 Å². The van der Waals surface area contributed by atoms with Crippen LogP contribution < -0.4 is 11.1 Å². The van der Waals surface area contributed by atoms with Crippen molar-refractivity contribution < 1.29 is 0 Å². The highest BCUT2D eigenvalue weighted by Gasteiger charge is 2.22. The van der Waals surface area contributed by atoms with Crippen LogP contribution in [0.15, 0.2) is 0 Å². The van der Waals surface area contributed by atoms with Gasteiger partial charge >= 0.3 is 0 Å². The van der Waals surface area contributed by atoms with Gasteiger partial charge in [-0.1, -0.05) is 19.8 Å². The highest BCUT2D eigenvalue weighted by atomic mass is 14.9. The van der Waals surface area contributed by atoms with Crippen LogP contribution in [0.2, 0.25) is 0 Å². The third-order valence-electron chi connectivity index (χ3n) is 2.88. The molecule has 3 N–H and O–H groups in total. The van der Waals surface area contributed by atoms with Crippen molar-refractivity contribution in [2.24, 2.45) is 11.7 Å². The molecule has 1 fully saturated rings. The number of hydrogen-bond acceptors (Lipinski definition) is 2. The van der Waals surface area contributed by atoms with Crippen molar-refractivity contribution in [3.05, 3.63) is 0 Å². The Labute approximate surface area is 75.9 Å². The van der Waals surface area contributed by atoms with Crippen LogP contribution in [0.5, 0.6) is 0 Å². The SMILES string of the molecule is CCCNC(CN)C1CCCC1. The first-order valence-corrected chi connectivity index (χ1v) is 5.32. The summed E-state index contributed by atoms with van der Waals surface area (Å²) in [5.41, 5.74) is 5.73. The topological polar surface area (TPSA) is 38.0 Å². The van der Waals surface area contributed by atoms with Crippen molar-refractivity contribution in [1.29, 1.82) is 0 Å². The molecule has 12 heavy (non-hydrogen) atoms. The maximum absolute atomic E-state index is 5.73. The molecule has 0 bridgehead atoms. The molecule has 0 spiro atoms. The van der Waals surface area contributed by atoms with Crippen LogP contribution in [-0.2, 0) is 0 Å². The van der Waals surface area contributed by atoms with Gasteiger partial charge in [0.1, 0.15) is 0 Å². The molecular formula is C10H22N2. The quantitative estimate of drug-likeness (QED) is 0.656. The maximum Gasteiger partial charge on any atom is 0.0218 e. The van der Waals surface area contributed by atoms with Gasteiger partial charge in [-0.05, 0) is 31.7 Å². The number of rotatable bonds is 5. The summed E-state index contributed by atoms with van der Waals surface area (Å²) in [4.78, 5) is 0. The molecular weight excluding hydrogens is 148 g/mol. The summed E-state index contributed by atoms with van der Waals surface area (Å²) in [6.45, 7) is 4.14. The van der Waals surface area contributed by atoms with Gasteiger partial charge in [0.05, 0.1) is 0 Å². The summed E-state index contributed by atoms with van der Waals surface area (Å²) >= 11 is 0. The molecule has 1 saturated carbocycles. The fourth-order valence-electron chi connectivity index (χ4n) is 2.13. The molecule has 0 amide bonds. The third kappa shape index (κ3) is 2.76. The van der Waals surface area contributed by atoms with E-state index in [9.17, 15) is 0 Å². The van der Waals surface area contributed by atoms with Crippen LogP contribution in [0.1, 0.15) is 39.0 Å². The number of nitrogens with one attached hydrogen (secondary N) is 1. The second-order valence-corrected chi connectivity index (χ2v) is 3.84. The zero-order valence-electron chi connectivity index (χ0n) is 8.18. The number of hydrogen-bond donors (Lipinski definition) is 2. The van der Waals surface area contributed by atoms with E-state index in [4.69, 9.17) is 5.73 Å². The largest absolute Gasteiger partial charge is 0.329 e. The van der Waals surface area contributed by atoms with E-state index < -0.39 is 0 Å². The highest BCUT2D eigenvalue weighted by Crippen LogP contribution is 2.27. The molecule has 0 heterocycles. The molecule has 2 heteroatoms. The van der Waals surface area contributed by atoms with E-state index in [0.717, 1.165) is 19.0 Å².